The van der Waals surface area contributed by atoms with E-state index in [1.807, 2.05) is 10.8 Å². The number of nitrogens with zero attached hydrogens (tertiary/aromatic N) is 4. The summed E-state index contributed by atoms with van der Waals surface area (Å²) in [6, 6.07) is 0.969. The largest absolute Gasteiger partial charge is 0.433 e. The van der Waals surface area contributed by atoms with Gasteiger partial charge in [0.05, 0.1) is 5.60 Å². The second kappa shape index (κ2) is 6.98. The molecule has 142 valence electrons. The first-order valence-electron chi connectivity index (χ1n) is 8.71. The molecule has 1 aliphatic rings. The van der Waals surface area contributed by atoms with E-state index in [1.165, 1.54) is 0 Å². The van der Waals surface area contributed by atoms with E-state index in [9.17, 15) is 13.2 Å². The number of alkyl halides is 3. The number of imidazole rings is 1. The fourth-order valence-electron chi connectivity index (χ4n) is 3.43. The monoisotopic (exact) mass is 368 g/mol. The molecule has 5 nitrogen and oxygen atoms in total. The fourth-order valence-corrected chi connectivity index (χ4v) is 3.43. The van der Waals surface area contributed by atoms with Crippen molar-refractivity contribution in [2.24, 2.45) is 0 Å². The lowest BCUT2D eigenvalue weighted by Gasteiger charge is -2.35. The lowest BCUT2D eigenvalue weighted by Crippen LogP contribution is -2.34. The molecule has 0 bridgehead atoms. The average molecular weight is 368 g/mol. The number of rotatable bonds is 4. The number of aryl methyl sites for hydroxylation is 3. The number of halogens is 3. The van der Waals surface area contributed by atoms with Crippen LogP contribution in [-0.4, -0.2) is 31.7 Å². The van der Waals surface area contributed by atoms with E-state index in [1.54, 1.807) is 13.1 Å². The molecule has 8 heteroatoms. The molecule has 0 spiro atoms. The lowest BCUT2D eigenvalue weighted by molar-refractivity contribution is -0.141. The molecule has 26 heavy (non-hydrogen) atoms. The molecule has 0 aliphatic carbocycles. The quantitative estimate of drug-likeness (QED) is 0.821. The van der Waals surface area contributed by atoms with Crippen LogP contribution < -0.4 is 0 Å². The number of ether oxygens (including phenoxy) is 1. The summed E-state index contributed by atoms with van der Waals surface area (Å²) < 4.78 is 46.5. The van der Waals surface area contributed by atoms with Gasteiger partial charge in [-0.05, 0) is 39.7 Å². The van der Waals surface area contributed by atoms with Crippen LogP contribution >= 0.6 is 0 Å². The molecule has 0 N–H and O–H groups in total. The van der Waals surface area contributed by atoms with E-state index in [0.29, 0.717) is 25.3 Å². The van der Waals surface area contributed by atoms with Gasteiger partial charge in [-0.3, -0.25) is 0 Å². The van der Waals surface area contributed by atoms with Crippen LogP contribution in [-0.2, 0) is 23.9 Å². The molecule has 0 aromatic carbocycles. The molecular formula is C18H23F3N4O. The Bertz CT molecular complexity index is 770. The highest BCUT2D eigenvalue weighted by atomic mass is 19.4. The number of hydrogen-bond acceptors (Lipinski definition) is 4. The highest BCUT2D eigenvalue weighted by Crippen LogP contribution is 2.35. The Hall–Kier alpha value is -1.96. The average Bonchev–Trinajstić information content (AvgIpc) is 2.99. The van der Waals surface area contributed by atoms with E-state index in [0.717, 1.165) is 24.7 Å². The van der Waals surface area contributed by atoms with Gasteiger partial charge in [0.15, 0.2) is 0 Å². The first-order chi connectivity index (χ1) is 12.1. The van der Waals surface area contributed by atoms with Gasteiger partial charge in [0.2, 0.25) is 0 Å². The Morgan fingerprint density at radius 1 is 1.31 bits per heavy atom. The molecule has 2 aromatic heterocycles. The first kappa shape index (κ1) is 18.8. The van der Waals surface area contributed by atoms with E-state index >= 15 is 0 Å². The first-order valence-corrected chi connectivity index (χ1v) is 8.71. The summed E-state index contributed by atoms with van der Waals surface area (Å²) in [4.78, 5) is 12.3. The summed E-state index contributed by atoms with van der Waals surface area (Å²) in [5.41, 5.74) is -0.766. The zero-order valence-electron chi connectivity index (χ0n) is 15.2. The van der Waals surface area contributed by atoms with Gasteiger partial charge in [-0.2, -0.15) is 13.2 Å². The summed E-state index contributed by atoms with van der Waals surface area (Å²) in [6.45, 7) is 6.85. The van der Waals surface area contributed by atoms with Crippen molar-refractivity contribution in [3.8, 4) is 0 Å². The summed E-state index contributed by atoms with van der Waals surface area (Å²) >= 11 is 0. The van der Waals surface area contributed by atoms with Crippen LogP contribution in [0.4, 0.5) is 13.2 Å². The van der Waals surface area contributed by atoms with Crippen molar-refractivity contribution in [3.63, 3.8) is 0 Å². The van der Waals surface area contributed by atoms with Crippen LogP contribution in [0.5, 0.6) is 0 Å². The molecule has 0 unspecified atom stereocenters. The molecule has 1 aliphatic heterocycles. The molecule has 1 atom stereocenters. The SMILES string of the molecule is Cc1cc(C(F)(F)F)nc(CCn2ccnc2[C@H]2CCOC(C)(C)C2)n1. The molecule has 0 amide bonds. The van der Waals surface area contributed by atoms with Crippen LogP contribution in [0.1, 0.15) is 55.6 Å². The van der Waals surface area contributed by atoms with Crippen molar-refractivity contribution in [1.29, 1.82) is 0 Å². The van der Waals surface area contributed by atoms with Crippen molar-refractivity contribution in [2.75, 3.05) is 6.61 Å². The Labute approximate surface area is 150 Å². The second-order valence-corrected chi connectivity index (χ2v) is 7.34. The maximum atomic E-state index is 12.9. The van der Waals surface area contributed by atoms with Crippen molar-refractivity contribution >= 4 is 0 Å². The number of aromatic nitrogens is 4. The van der Waals surface area contributed by atoms with E-state index in [-0.39, 0.29) is 17.3 Å². The van der Waals surface area contributed by atoms with Crippen LogP contribution in [0.25, 0.3) is 0 Å². The summed E-state index contributed by atoms with van der Waals surface area (Å²) in [5.74, 6) is 1.42. The van der Waals surface area contributed by atoms with Gasteiger partial charge in [0.1, 0.15) is 17.3 Å². The maximum absolute atomic E-state index is 12.9. The Balaban J connectivity index is 1.74. The fraction of sp³-hybridized carbons (Fsp3) is 0.611. The normalized spacial score (nSPS) is 20.3. The molecule has 3 heterocycles. The third-order valence-corrected chi connectivity index (χ3v) is 4.58. The van der Waals surface area contributed by atoms with Gasteiger partial charge in [-0.25, -0.2) is 15.0 Å². The molecule has 1 fully saturated rings. The smallest absolute Gasteiger partial charge is 0.376 e. The predicted octanol–water partition coefficient (Wildman–Crippen LogP) is 3.92. The molecule has 0 radical (unpaired) electrons. The summed E-state index contributed by atoms with van der Waals surface area (Å²) in [5, 5.41) is 0. The van der Waals surface area contributed by atoms with Gasteiger partial charge in [0.25, 0.3) is 0 Å². The minimum absolute atomic E-state index is 0.193. The van der Waals surface area contributed by atoms with E-state index in [2.05, 4.69) is 28.8 Å². The Morgan fingerprint density at radius 3 is 2.77 bits per heavy atom. The molecule has 3 rings (SSSR count). The van der Waals surface area contributed by atoms with Crippen molar-refractivity contribution < 1.29 is 17.9 Å². The number of hydrogen-bond donors (Lipinski definition) is 0. The summed E-state index contributed by atoms with van der Waals surface area (Å²) in [6.07, 6.45) is 1.20. The summed E-state index contributed by atoms with van der Waals surface area (Å²) in [7, 11) is 0. The van der Waals surface area contributed by atoms with Crippen LogP contribution in [0.3, 0.4) is 0 Å². The van der Waals surface area contributed by atoms with Crippen molar-refractivity contribution in [2.45, 2.75) is 64.3 Å². The van der Waals surface area contributed by atoms with Gasteiger partial charge >= 0.3 is 6.18 Å². The van der Waals surface area contributed by atoms with Crippen LogP contribution in [0.15, 0.2) is 18.5 Å². The standard InChI is InChI=1S/C18H23F3N4O/c1-12-10-14(18(19,20)21)24-15(23-12)4-7-25-8-6-22-16(25)13-5-9-26-17(2,3)11-13/h6,8,10,13H,4-5,7,9,11H2,1-3H3/t13-/m0/s1. The maximum Gasteiger partial charge on any atom is 0.433 e. The van der Waals surface area contributed by atoms with E-state index < -0.39 is 11.9 Å². The zero-order chi connectivity index (χ0) is 18.9. The third-order valence-electron chi connectivity index (χ3n) is 4.58. The molecule has 2 aromatic rings. The second-order valence-electron chi connectivity index (χ2n) is 7.34. The van der Waals surface area contributed by atoms with Crippen molar-refractivity contribution in [3.05, 3.63) is 41.5 Å². The molecule has 1 saturated heterocycles. The van der Waals surface area contributed by atoms with Crippen LogP contribution in [0.2, 0.25) is 0 Å². The molecule has 0 saturated carbocycles. The minimum Gasteiger partial charge on any atom is -0.376 e. The topological polar surface area (TPSA) is 52.8 Å². The Kier molecular flexibility index (Phi) is 5.05. The van der Waals surface area contributed by atoms with Gasteiger partial charge < -0.3 is 9.30 Å². The van der Waals surface area contributed by atoms with Crippen molar-refractivity contribution in [1.82, 2.24) is 19.5 Å². The lowest BCUT2D eigenvalue weighted by atomic mass is 9.88. The van der Waals surface area contributed by atoms with Gasteiger partial charge in [0, 0.05) is 43.6 Å². The van der Waals surface area contributed by atoms with E-state index in [4.69, 9.17) is 4.74 Å². The predicted molar refractivity (Wildman–Crippen MR) is 89.7 cm³/mol. The van der Waals surface area contributed by atoms with Crippen LogP contribution in [0, 0.1) is 6.92 Å². The Morgan fingerprint density at radius 2 is 2.08 bits per heavy atom. The van der Waals surface area contributed by atoms with Gasteiger partial charge in [-0.15, -0.1) is 0 Å². The van der Waals surface area contributed by atoms with Gasteiger partial charge in [-0.1, -0.05) is 0 Å². The third kappa shape index (κ3) is 4.41. The zero-order valence-corrected chi connectivity index (χ0v) is 15.2. The minimum atomic E-state index is -4.46. The molecular weight excluding hydrogens is 345 g/mol. The highest BCUT2D eigenvalue weighted by Gasteiger charge is 2.34. The highest BCUT2D eigenvalue weighted by molar-refractivity contribution is 5.13.